The molecule has 2 aliphatic rings. The van der Waals surface area contributed by atoms with Crippen molar-refractivity contribution in [3.63, 3.8) is 0 Å². The normalized spacial score (nSPS) is 21.3. The van der Waals surface area contributed by atoms with Crippen molar-refractivity contribution < 1.29 is 4.74 Å². The van der Waals surface area contributed by atoms with E-state index in [-0.39, 0.29) is 0 Å². The fraction of sp³-hybridized carbons (Fsp3) is 0.385. The maximum atomic E-state index is 5.92. The summed E-state index contributed by atoms with van der Waals surface area (Å²) in [6.07, 6.45) is 6.85. The van der Waals surface area contributed by atoms with Gasteiger partial charge in [-0.3, -0.25) is 4.90 Å². The van der Waals surface area contributed by atoms with Crippen LogP contribution in [0, 0.1) is 5.92 Å². The number of ether oxygens (including phenoxy) is 1. The summed E-state index contributed by atoms with van der Waals surface area (Å²) in [6, 6.07) is 21.9. The molecule has 1 aliphatic carbocycles. The molecule has 1 aliphatic heterocycles. The molecule has 0 atom stereocenters. The number of benzene rings is 2. The van der Waals surface area contributed by atoms with Gasteiger partial charge in [-0.15, -0.1) is 0 Å². The molecule has 0 N–H and O–H groups in total. The van der Waals surface area contributed by atoms with Gasteiger partial charge in [-0.1, -0.05) is 54.6 Å². The van der Waals surface area contributed by atoms with Gasteiger partial charge in [0.25, 0.3) is 0 Å². The topological polar surface area (TPSA) is 38.2 Å². The van der Waals surface area contributed by atoms with E-state index < -0.39 is 0 Å². The lowest BCUT2D eigenvalue weighted by molar-refractivity contribution is 0.149. The summed E-state index contributed by atoms with van der Waals surface area (Å²) in [6.45, 7) is 4.30. The molecular formula is C26H29N3O. The lowest BCUT2D eigenvalue weighted by Gasteiger charge is -2.35. The Morgan fingerprint density at radius 2 is 1.67 bits per heavy atom. The zero-order valence-electron chi connectivity index (χ0n) is 17.4. The standard InChI is InChI=1S/C26H29N3O/c1-2-6-23(7-3-1)25-12-13-27-26(28-25)30-19-21-16-24(17-21)22-10-8-20(9-11-22)18-29-14-4-5-15-29/h1-3,6-13,21,24H,4-5,14-19H2/t21-,24+. The molecule has 1 aromatic heterocycles. The van der Waals surface area contributed by atoms with Crippen molar-refractivity contribution in [2.75, 3.05) is 19.7 Å². The fourth-order valence-electron chi connectivity index (χ4n) is 4.61. The predicted octanol–water partition coefficient (Wildman–Crippen LogP) is 5.31. The second-order valence-electron chi connectivity index (χ2n) is 8.66. The van der Waals surface area contributed by atoms with Gasteiger partial charge in [-0.2, -0.15) is 4.98 Å². The van der Waals surface area contributed by atoms with Crippen LogP contribution in [0.25, 0.3) is 11.3 Å². The Morgan fingerprint density at radius 3 is 2.43 bits per heavy atom. The Balaban J connectivity index is 1.10. The van der Waals surface area contributed by atoms with E-state index in [2.05, 4.69) is 51.3 Å². The third kappa shape index (κ3) is 4.54. The van der Waals surface area contributed by atoms with Crippen LogP contribution >= 0.6 is 0 Å². The molecular weight excluding hydrogens is 370 g/mol. The molecule has 4 heteroatoms. The number of nitrogens with zero attached hydrogens (tertiary/aromatic N) is 3. The molecule has 1 saturated carbocycles. The Bertz CT molecular complexity index is 946. The van der Waals surface area contributed by atoms with E-state index in [1.165, 1.54) is 49.9 Å². The van der Waals surface area contributed by atoms with Gasteiger partial charge in [-0.05, 0) is 67.8 Å². The molecule has 2 fully saturated rings. The quantitative estimate of drug-likeness (QED) is 0.539. The molecule has 3 aromatic rings. The molecule has 0 spiro atoms. The van der Waals surface area contributed by atoms with Crippen LogP contribution in [-0.4, -0.2) is 34.6 Å². The first-order valence-electron chi connectivity index (χ1n) is 11.2. The molecule has 154 valence electrons. The first-order valence-corrected chi connectivity index (χ1v) is 11.2. The summed E-state index contributed by atoms with van der Waals surface area (Å²) < 4.78 is 5.92. The van der Waals surface area contributed by atoms with E-state index in [1.807, 2.05) is 24.3 Å². The van der Waals surface area contributed by atoms with Crippen molar-refractivity contribution >= 4 is 0 Å². The van der Waals surface area contributed by atoms with Gasteiger partial charge in [0.2, 0.25) is 0 Å². The van der Waals surface area contributed by atoms with Crippen LogP contribution in [-0.2, 0) is 6.54 Å². The lowest BCUT2D eigenvalue weighted by Crippen LogP contribution is -2.27. The van der Waals surface area contributed by atoms with Gasteiger partial charge in [0.1, 0.15) is 0 Å². The average molecular weight is 400 g/mol. The third-order valence-electron chi connectivity index (χ3n) is 6.44. The molecule has 0 bridgehead atoms. The first kappa shape index (κ1) is 19.3. The highest BCUT2D eigenvalue weighted by molar-refractivity contribution is 5.58. The van der Waals surface area contributed by atoms with Crippen LogP contribution in [0.2, 0.25) is 0 Å². The highest BCUT2D eigenvalue weighted by atomic mass is 16.5. The minimum atomic E-state index is 0.478. The van der Waals surface area contributed by atoms with Gasteiger partial charge >= 0.3 is 6.01 Å². The molecule has 4 nitrogen and oxygen atoms in total. The predicted molar refractivity (Wildman–Crippen MR) is 119 cm³/mol. The van der Waals surface area contributed by atoms with Crippen molar-refractivity contribution in [3.8, 4) is 17.3 Å². The highest BCUT2D eigenvalue weighted by Gasteiger charge is 2.31. The number of hydrogen-bond acceptors (Lipinski definition) is 4. The van der Waals surface area contributed by atoms with Crippen LogP contribution in [0.15, 0.2) is 66.9 Å². The summed E-state index contributed by atoms with van der Waals surface area (Å²) in [5, 5.41) is 0. The van der Waals surface area contributed by atoms with Crippen LogP contribution < -0.4 is 4.74 Å². The largest absolute Gasteiger partial charge is 0.463 e. The number of likely N-dealkylation sites (tertiary alicyclic amines) is 1. The second-order valence-corrected chi connectivity index (χ2v) is 8.66. The van der Waals surface area contributed by atoms with Crippen molar-refractivity contribution in [3.05, 3.63) is 78.0 Å². The van der Waals surface area contributed by atoms with E-state index in [9.17, 15) is 0 Å². The van der Waals surface area contributed by atoms with E-state index in [4.69, 9.17) is 4.74 Å². The van der Waals surface area contributed by atoms with Crippen LogP contribution in [0.5, 0.6) is 6.01 Å². The minimum absolute atomic E-state index is 0.478. The van der Waals surface area contributed by atoms with E-state index >= 15 is 0 Å². The van der Waals surface area contributed by atoms with Gasteiger partial charge < -0.3 is 4.74 Å². The number of aromatic nitrogens is 2. The maximum Gasteiger partial charge on any atom is 0.316 e. The van der Waals surface area contributed by atoms with E-state index in [1.54, 1.807) is 6.20 Å². The Kier molecular flexibility index (Phi) is 5.76. The summed E-state index contributed by atoms with van der Waals surface area (Å²) in [7, 11) is 0. The van der Waals surface area contributed by atoms with Crippen molar-refractivity contribution in [2.45, 2.75) is 38.1 Å². The summed E-state index contributed by atoms with van der Waals surface area (Å²) in [5.41, 5.74) is 4.90. The second kappa shape index (κ2) is 8.97. The highest BCUT2D eigenvalue weighted by Crippen LogP contribution is 2.41. The van der Waals surface area contributed by atoms with E-state index in [0.717, 1.165) is 17.8 Å². The molecule has 1 saturated heterocycles. The maximum absolute atomic E-state index is 5.92. The summed E-state index contributed by atoms with van der Waals surface area (Å²) >= 11 is 0. The number of hydrogen-bond donors (Lipinski definition) is 0. The van der Waals surface area contributed by atoms with Crippen molar-refractivity contribution in [1.29, 1.82) is 0 Å². The molecule has 5 rings (SSSR count). The number of rotatable bonds is 7. The summed E-state index contributed by atoms with van der Waals surface area (Å²) in [5.74, 6) is 1.25. The molecule has 2 aromatic carbocycles. The average Bonchev–Trinajstić information content (AvgIpc) is 3.28. The molecule has 2 heterocycles. The fourth-order valence-corrected chi connectivity index (χ4v) is 4.61. The van der Waals surface area contributed by atoms with Crippen LogP contribution in [0.4, 0.5) is 0 Å². The van der Waals surface area contributed by atoms with Gasteiger partial charge in [0.05, 0.1) is 12.3 Å². The molecule has 0 radical (unpaired) electrons. The lowest BCUT2D eigenvalue weighted by atomic mass is 9.72. The molecule has 30 heavy (non-hydrogen) atoms. The smallest absolute Gasteiger partial charge is 0.316 e. The Labute approximate surface area is 178 Å². The Hall–Kier alpha value is -2.72. The van der Waals surface area contributed by atoms with Crippen molar-refractivity contribution in [2.24, 2.45) is 5.92 Å². The minimum Gasteiger partial charge on any atom is -0.463 e. The van der Waals surface area contributed by atoms with Crippen molar-refractivity contribution in [1.82, 2.24) is 14.9 Å². The first-order chi connectivity index (χ1) is 14.8. The molecule has 0 unspecified atom stereocenters. The van der Waals surface area contributed by atoms with Crippen LogP contribution in [0.3, 0.4) is 0 Å². The van der Waals surface area contributed by atoms with Gasteiger partial charge in [0, 0.05) is 18.3 Å². The third-order valence-corrected chi connectivity index (χ3v) is 6.44. The van der Waals surface area contributed by atoms with Crippen LogP contribution in [0.1, 0.15) is 42.7 Å². The Morgan fingerprint density at radius 1 is 0.900 bits per heavy atom. The zero-order valence-corrected chi connectivity index (χ0v) is 17.4. The molecule has 0 amide bonds. The van der Waals surface area contributed by atoms with E-state index in [0.29, 0.717) is 24.5 Å². The van der Waals surface area contributed by atoms with Gasteiger partial charge in [-0.25, -0.2) is 4.98 Å². The zero-order chi connectivity index (χ0) is 20.2. The monoisotopic (exact) mass is 399 g/mol. The van der Waals surface area contributed by atoms with Gasteiger partial charge in [0.15, 0.2) is 0 Å². The summed E-state index contributed by atoms with van der Waals surface area (Å²) in [4.78, 5) is 11.4. The SMILES string of the molecule is c1ccc(-c2ccnc(OC[C@H]3C[C@@H](c4ccc(CN5CCCC5)cc4)C3)n2)cc1.